The van der Waals surface area contributed by atoms with E-state index in [4.69, 9.17) is 4.42 Å². The molecule has 1 heterocycles. The molecule has 3 nitrogen and oxygen atoms in total. The summed E-state index contributed by atoms with van der Waals surface area (Å²) >= 11 is 3.16. The van der Waals surface area contributed by atoms with Crippen LogP contribution in [0.3, 0.4) is 0 Å². The number of hydrogen-bond donors (Lipinski definition) is 1. The molecule has 0 aliphatic carbocycles. The van der Waals surface area contributed by atoms with Crippen LogP contribution in [0.5, 0.6) is 0 Å². The standard InChI is InChI=1S/C17H11BrFNO2/c18-12-5-7-15(14(19)10-12)20-17(21)8-6-13-9-11-3-1-2-4-16(11)22-13/h1-10H,(H,20,21)/b8-6+. The zero-order chi connectivity index (χ0) is 15.5. The van der Waals surface area contributed by atoms with Crippen LogP contribution in [0.2, 0.25) is 0 Å². The van der Waals surface area contributed by atoms with Gasteiger partial charge in [-0.15, -0.1) is 0 Å². The molecule has 1 amide bonds. The maximum absolute atomic E-state index is 13.6. The second kappa shape index (κ2) is 6.15. The molecule has 0 fully saturated rings. The summed E-state index contributed by atoms with van der Waals surface area (Å²) in [4.78, 5) is 11.8. The highest BCUT2D eigenvalue weighted by Crippen LogP contribution is 2.21. The van der Waals surface area contributed by atoms with Gasteiger partial charge in [-0.1, -0.05) is 34.1 Å². The molecule has 22 heavy (non-hydrogen) atoms. The van der Waals surface area contributed by atoms with Crippen molar-refractivity contribution in [1.29, 1.82) is 0 Å². The van der Waals surface area contributed by atoms with Gasteiger partial charge in [-0.2, -0.15) is 0 Å². The topological polar surface area (TPSA) is 42.2 Å². The fourth-order valence-corrected chi connectivity index (χ4v) is 2.34. The molecular formula is C17H11BrFNO2. The van der Waals surface area contributed by atoms with Crippen LogP contribution in [0.1, 0.15) is 5.76 Å². The van der Waals surface area contributed by atoms with Gasteiger partial charge in [0, 0.05) is 15.9 Å². The third-order valence-electron chi connectivity index (χ3n) is 3.03. The van der Waals surface area contributed by atoms with Gasteiger partial charge in [0.2, 0.25) is 5.91 Å². The molecule has 0 spiro atoms. The molecule has 2 aromatic carbocycles. The van der Waals surface area contributed by atoms with Gasteiger partial charge in [-0.05, 0) is 36.4 Å². The predicted octanol–water partition coefficient (Wildman–Crippen LogP) is 4.99. The normalized spacial score (nSPS) is 11.2. The Bertz CT molecular complexity index is 837. The minimum atomic E-state index is -0.500. The SMILES string of the molecule is O=C(/C=C/c1cc2ccccc2o1)Nc1ccc(Br)cc1F. The molecule has 0 saturated heterocycles. The fourth-order valence-electron chi connectivity index (χ4n) is 2.01. The number of rotatable bonds is 3. The van der Waals surface area contributed by atoms with E-state index in [1.807, 2.05) is 30.3 Å². The van der Waals surface area contributed by atoms with Crippen molar-refractivity contribution in [3.8, 4) is 0 Å². The van der Waals surface area contributed by atoms with E-state index in [1.54, 1.807) is 12.1 Å². The van der Waals surface area contributed by atoms with Crippen molar-refractivity contribution in [1.82, 2.24) is 0 Å². The maximum Gasteiger partial charge on any atom is 0.248 e. The van der Waals surface area contributed by atoms with Crippen molar-refractivity contribution >= 4 is 44.6 Å². The van der Waals surface area contributed by atoms with E-state index in [0.29, 0.717) is 10.2 Å². The van der Waals surface area contributed by atoms with Gasteiger partial charge in [0.1, 0.15) is 17.2 Å². The summed E-state index contributed by atoms with van der Waals surface area (Å²) in [6.07, 6.45) is 2.85. The first-order valence-electron chi connectivity index (χ1n) is 6.54. The lowest BCUT2D eigenvalue weighted by molar-refractivity contribution is -0.111. The van der Waals surface area contributed by atoms with E-state index >= 15 is 0 Å². The Balaban J connectivity index is 1.73. The molecule has 3 rings (SSSR count). The van der Waals surface area contributed by atoms with E-state index < -0.39 is 11.7 Å². The first-order chi connectivity index (χ1) is 10.6. The maximum atomic E-state index is 13.6. The number of carbonyl (C=O) groups excluding carboxylic acids is 1. The van der Waals surface area contributed by atoms with Crippen molar-refractivity contribution in [2.75, 3.05) is 5.32 Å². The Morgan fingerprint density at radius 1 is 1.18 bits per heavy atom. The van der Waals surface area contributed by atoms with Gasteiger partial charge in [0.25, 0.3) is 0 Å². The van der Waals surface area contributed by atoms with Crippen molar-refractivity contribution in [3.63, 3.8) is 0 Å². The van der Waals surface area contributed by atoms with Crippen molar-refractivity contribution < 1.29 is 13.6 Å². The summed E-state index contributed by atoms with van der Waals surface area (Å²) in [7, 11) is 0. The number of anilines is 1. The number of halogens is 2. The average Bonchev–Trinajstić information content (AvgIpc) is 2.91. The highest BCUT2D eigenvalue weighted by Gasteiger charge is 2.05. The molecule has 0 radical (unpaired) electrons. The lowest BCUT2D eigenvalue weighted by atomic mass is 10.2. The summed E-state index contributed by atoms with van der Waals surface area (Å²) in [6.45, 7) is 0. The number of furan rings is 1. The summed E-state index contributed by atoms with van der Waals surface area (Å²) in [5, 5.41) is 3.44. The Morgan fingerprint density at radius 2 is 2.00 bits per heavy atom. The Labute approximate surface area is 134 Å². The van der Waals surface area contributed by atoms with E-state index in [2.05, 4.69) is 21.2 Å². The predicted molar refractivity (Wildman–Crippen MR) is 88.0 cm³/mol. The summed E-state index contributed by atoms with van der Waals surface area (Å²) < 4.78 is 19.8. The fraction of sp³-hybridized carbons (Fsp3) is 0. The number of nitrogens with one attached hydrogen (secondary N) is 1. The molecule has 0 saturated carbocycles. The van der Waals surface area contributed by atoms with Crippen LogP contribution in [-0.4, -0.2) is 5.91 Å². The Kier molecular flexibility index (Phi) is 4.06. The zero-order valence-corrected chi connectivity index (χ0v) is 12.9. The third-order valence-corrected chi connectivity index (χ3v) is 3.53. The van der Waals surface area contributed by atoms with Crippen LogP contribution in [0, 0.1) is 5.82 Å². The molecule has 110 valence electrons. The number of benzene rings is 2. The Hall–Kier alpha value is -2.40. The van der Waals surface area contributed by atoms with Gasteiger partial charge in [0.05, 0.1) is 5.69 Å². The largest absolute Gasteiger partial charge is 0.457 e. The highest BCUT2D eigenvalue weighted by atomic mass is 79.9. The minimum Gasteiger partial charge on any atom is -0.457 e. The molecule has 0 atom stereocenters. The van der Waals surface area contributed by atoms with Crippen molar-refractivity contribution in [2.45, 2.75) is 0 Å². The Morgan fingerprint density at radius 3 is 2.77 bits per heavy atom. The van der Waals surface area contributed by atoms with E-state index in [0.717, 1.165) is 11.0 Å². The van der Waals surface area contributed by atoms with Gasteiger partial charge < -0.3 is 9.73 Å². The number of fused-ring (bicyclic) bond motifs is 1. The van der Waals surface area contributed by atoms with E-state index in [9.17, 15) is 9.18 Å². The first kappa shape index (κ1) is 14.5. The summed E-state index contributed by atoms with van der Waals surface area (Å²) in [5.41, 5.74) is 0.879. The van der Waals surface area contributed by atoms with Crippen LogP contribution in [0.25, 0.3) is 17.0 Å². The van der Waals surface area contributed by atoms with Gasteiger partial charge >= 0.3 is 0 Å². The lowest BCUT2D eigenvalue weighted by Crippen LogP contribution is -2.09. The smallest absolute Gasteiger partial charge is 0.248 e. The van der Waals surface area contributed by atoms with Crippen molar-refractivity contribution in [2.24, 2.45) is 0 Å². The van der Waals surface area contributed by atoms with E-state index in [-0.39, 0.29) is 5.69 Å². The molecule has 0 aliphatic rings. The highest BCUT2D eigenvalue weighted by molar-refractivity contribution is 9.10. The quantitative estimate of drug-likeness (QED) is 0.669. The molecule has 5 heteroatoms. The monoisotopic (exact) mass is 359 g/mol. The van der Waals surface area contributed by atoms with Gasteiger partial charge in [0.15, 0.2) is 0 Å². The first-order valence-corrected chi connectivity index (χ1v) is 7.34. The molecular weight excluding hydrogens is 349 g/mol. The summed E-state index contributed by atoms with van der Waals surface area (Å²) in [5.74, 6) is -0.367. The second-order valence-corrected chi connectivity index (χ2v) is 5.55. The van der Waals surface area contributed by atoms with E-state index in [1.165, 1.54) is 18.2 Å². The molecule has 3 aromatic rings. The van der Waals surface area contributed by atoms with Crippen LogP contribution in [0.15, 0.2) is 63.5 Å². The second-order valence-electron chi connectivity index (χ2n) is 4.63. The molecule has 1 aromatic heterocycles. The van der Waals surface area contributed by atoms with Crippen LogP contribution >= 0.6 is 15.9 Å². The molecule has 0 unspecified atom stereocenters. The number of amides is 1. The van der Waals surface area contributed by atoms with Gasteiger partial charge in [-0.25, -0.2) is 4.39 Å². The minimum absolute atomic E-state index is 0.127. The molecule has 0 bridgehead atoms. The number of para-hydroxylation sites is 1. The zero-order valence-electron chi connectivity index (χ0n) is 11.3. The van der Waals surface area contributed by atoms with Crippen LogP contribution < -0.4 is 5.32 Å². The molecule has 0 aliphatic heterocycles. The average molecular weight is 360 g/mol. The molecule has 1 N–H and O–H groups in total. The number of hydrogen-bond acceptors (Lipinski definition) is 2. The number of carbonyl (C=O) groups is 1. The lowest BCUT2D eigenvalue weighted by Gasteiger charge is -2.03. The summed E-state index contributed by atoms with van der Waals surface area (Å²) in [6, 6.07) is 13.8. The van der Waals surface area contributed by atoms with Crippen LogP contribution in [0.4, 0.5) is 10.1 Å². The van der Waals surface area contributed by atoms with Crippen LogP contribution in [-0.2, 0) is 4.79 Å². The van der Waals surface area contributed by atoms with Crippen molar-refractivity contribution in [3.05, 3.63) is 70.7 Å². The third kappa shape index (κ3) is 3.26. The van der Waals surface area contributed by atoms with Gasteiger partial charge in [-0.3, -0.25) is 4.79 Å².